The van der Waals surface area contributed by atoms with E-state index >= 15 is 0 Å². The van der Waals surface area contributed by atoms with Crippen molar-refractivity contribution in [1.82, 2.24) is 4.90 Å². The maximum Gasteiger partial charge on any atom is 0.306 e. The van der Waals surface area contributed by atoms with Crippen LogP contribution in [0, 0.1) is 11.3 Å². The van der Waals surface area contributed by atoms with Crippen molar-refractivity contribution in [2.24, 2.45) is 0 Å². The summed E-state index contributed by atoms with van der Waals surface area (Å²) in [6, 6.07) is 8.71. The van der Waals surface area contributed by atoms with Gasteiger partial charge in [-0.2, -0.15) is 5.26 Å². The third kappa shape index (κ3) is 4.44. The molecule has 0 saturated carbocycles. The van der Waals surface area contributed by atoms with Crippen LogP contribution in [0.3, 0.4) is 0 Å². The molecule has 2 atom stereocenters. The maximum absolute atomic E-state index is 12.4. The third-order valence-electron chi connectivity index (χ3n) is 3.51. The van der Waals surface area contributed by atoms with E-state index in [1.54, 1.807) is 31.2 Å². The smallest absolute Gasteiger partial charge is 0.306 e. The predicted molar refractivity (Wildman–Crippen MR) is 79.8 cm³/mol. The van der Waals surface area contributed by atoms with Gasteiger partial charge in [0, 0.05) is 13.1 Å². The Balaban J connectivity index is 1.99. The monoisotopic (exact) mass is 318 g/mol. The van der Waals surface area contributed by atoms with Crippen molar-refractivity contribution < 1.29 is 24.2 Å². The summed E-state index contributed by atoms with van der Waals surface area (Å²) >= 11 is 0. The van der Waals surface area contributed by atoms with Gasteiger partial charge in [-0.1, -0.05) is 12.1 Å². The molecule has 23 heavy (non-hydrogen) atoms. The summed E-state index contributed by atoms with van der Waals surface area (Å²) in [4.78, 5) is 24.7. The molecule has 1 aliphatic rings. The lowest BCUT2D eigenvalue weighted by Gasteiger charge is -2.33. The lowest BCUT2D eigenvalue weighted by Crippen LogP contribution is -2.50. The van der Waals surface area contributed by atoms with Crippen LogP contribution in [0.1, 0.15) is 18.9 Å². The number of aliphatic carboxylic acids is 1. The molecule has 0 aromatic heterocycles. The fourth-order valence-electron chi connectivity index (χ4n) is 2.40. The first-order valence-corrected chi connectivity index (χ1v) is 7.29. The predicted octanol–water partition coefficient (Wildman–Crippen LogP) is 1.03. The van der Waals surface area contributed by atoms with Crippen molar-refractivity contribution >= 4 is 11.9 Å². The van der Waals surface area contributed by atoms with E-state index in [2.05, 4.69) is 0 Å². The number of carboxylic acid groups (broad SMARTS) is 1. The summed E-state index contributed by atoms with van der Waals surface area (Å²) in [5.41, 5.74) is 0.359. The molecule has 1 fully saturated rings. The van der Waals surface area contributed by atoms with Crippen LogP contribution in [0.2, 0.25) is 0 Å². The Bertz CT molecular complexity index is 625. The van der Waals surface area contributed by atoms with Crippen LogP contribution in [-0.4, -0.2) is 53.8 Å². The number of carboxylic acids is 1. The molecule has 2 rings (SSSR count). The number of morpholine rings is 1. The first kappa shape index (κ1) is 16.8. The number of ether oxygens (including phenoxy) is 2. The van der Waals surface area contributed by atoms with E-state index in [9.17, 15) is 9.59 Å². The fourth-order valence-corrected chi connectivity index (χ4v) is 2.40. The summed E-state index contributed by atoms with van der Waals surface area (Å²) in [5, 5.41) is 17.9. The zero-order valence-electron chi connectivity index (χ0n) is 12.8. The molecule has 7 heteroatoms. The lowest BCUT2D eigenvalue weighted by atomic mass is 10.2. The van der Waals surface area contributed by atoms with Gasteiger partial charge < -0.3 is 19.5 Å². The van der Waals surface area contributed by atoms with Crippen molar-refractivity contribution in [3.05, 3.63) is 29.8 Å². The van der Waals surface area contributed by atoms with E-state index in [-0.39, 0.29) is 18.9 Å². The Morgan fingerprint density at radius 2 is 2.26 bits per heavy atom. The second-order valence-corrected chi connectivity index (χ2v) is 5.24. The molecule has 0 bridgehead atoms. The van der Waals surface area contributed by atoms with E-state index in [0.29, 0.717) is 24.5 Å². The van der Waals surface area contributed by atoms with Gasteiger partial charge in [0.25, 0.3) is 5.91 Å². The van der Waals surface area contributed by atoms with Crippen LogP contribution < -0.4 is 4.74 Å². The molecule has 0 radical (unpaired) electrons. The zero-order chi connectivity index (χ0) is 16.8. The van der Waals surface area contributed by atoms with Gasteiger partial charge in [-0.3, -0.25) is 9.59 Å². The molecule has 1 aromatic carbocycles. The molecule has 1 heterocycles. The van der Waals surface area contributed by atoms with E-state index in [4.69, 9.17) is 19.8 Å². The normalized spacial score (nSPS) is 18.8. The lowest BCUT2D eigenvalue weighted by molar-refractivity contribution is -0.151. The topological polar surface area (TPSA) is 99.9 Å². The Morgan fingerprint density at radius 3 is 2.96 bits per heavy atom. The SMILES string of the molecule is C[C@@H](Oc1ccccc1C#N)C(=O)N1CCO[C@H](CC(=O)O)C1. The molecule has 7 nitrogen and oxygen atoms in total. The largest absolute Gasteiger partial charge is 0.481 e. The molecule has 1 saturated heterocycles. The fraction of sp³-hybridized carbons (Fsp3) is 0.438. The van der Waals surface area contributed by atoms with Crippen LogP contribution in [0.25, 0.3) is 0 Å². The van der Waals surface area contributed by atoms with Gasteiger partial charge in [0.15, 0.2) is 6.10 Å². The molecule has 1 aliphatic heterocycles. The van der Waals surface area contributed by atoms with Gasteiger partial charge in [-0.25, -0.2) is 0 Å². The minimum Gasteiger partial charge on any atom is -0.481 e. The molecular formula is C16H18N2O5. The maximum atomic E-state index is 12.4. The number of carbonyl (C=O) groups excluding carboxylic acids is 1. The number of rotatable bonds is 5. The summed E-state index contributed by atoms with van der Waals surface area (Å²) in [6.45, 7) is 2.52. The van der Waals surface area contributed by atoms with Gasteiger partial charge in [0.05, 0.1) is 24.7 Å². The summed E-state index contributed by atoms with van der Waals surface area (Å²) in [5.74, 6) is -0.862. The van der Waals surface area contributed by atoms with E-state index in [0.717, 1.165) is 0 Å². The Hall–Kier alpha value is -2.59. The number of hydrogen-bond acceptors (Lipinski definition) is 5. The van der Waals surface area contributed by atoms with E-state index < -0.39 is 18.2 Å². The molecule has 1 aromatic rings. The van der Waals surface area contributed by atoms with Crippen molar-refractivity contribution in [3.8, 4) is 11.8 Å². The molecule has 0 aliphatic carbocycles. The minimum atomic E-state index is -0.962. The minimum absolute atomic E-state index is 0.143. The van der Waals surface area contributed by atoms with Gasteiger partial charge in [0.2, 0.25) is 0 Å². The highest BCUT2D eigenvalue weighted by molar-refractivity contribution is 5.81. The first-order chi connectivity index (χ1) is 11.0. The van der Waals surface area contributed by atoms with Crippen molar-refractivity contribution in [3.63, 3.8) is 0 Å². The summed E-state index contributed by atoms with van der Waals surface area (Å²) in [7, 11) is 0. The van der Waals surface area contributed by atoms with Crippen molar-refractivity contribution in [1.29, 1.82) is 5.26 Å². The standard InChI is InChI=1S/C16H18N2O5/c1-11(23-14-5-3-2-4-12(14)9-17)16(21)18-6-7-22-13(10-18)8-15(19)20/h2-5,11,13H,6-8,10H2,1H3,(H,19,20)/t11-,13-/m1/s1. The van der Waals surface area contributed by atoms with Gasteiger partial charge in [-0.15, -0.1) is 0 Å². The van der Waals surface area contributed by atoms with Gasteiger partial charge in [-0.05, 0) is 19.1 Å². The Morgan fingerprint density at radius 1 is 1.52 bits per heavy atom. The van der Waals surface area contributed by atoms with E-state index in [1.165, 1.54) is 4.90 Å². The van der Waals surface area contributed by atoms with Gasteiger partial charge >= 0.3 is 5.97 Å². The second kappa shape index (κ2) is 7.61. The summed E-state index contributed by atoms with van der Waals surface area (Å²) in [6.07, 6.45) is -1.42. The number of hydrogen-bond donors (Lipinski definition) is 1. The van der Waals surface area contributed by atoms with Crippen LogP contribution in [0.15, 0.2) is 24.3 Å². The molecule has 0 spiro atoms. The van der Waals surface area contributed by atoms with Crippen LogP contribution in [0.4, 0.5) is 0 Å². The first-order valence-electron chi connectivity index (χ1n) is 7.29. The second-order valence-electron chi connectivity index (χ2n) is 5.24. The number of amides is 1. The van der Waals surface area contributed by atoms with Crippen molar-refractivity contribution in [2.75, 3.05) is 19.7 Å². The highest BCUT2D eigenvalue weighted by Gasteiger charge is 2.29. The molecule has 122 valence electrons. The van der Waals surface area contributed by atoms with Crippen LogP contribution in [0.5, 0.6) is 5.75 Å². The number of para-hydroxylation sites is 1. The van der Waals surface area contributed by atoms with Crippen LogP contribution in [-0.2, 0) is 14.3 Å². The highest BCUT2D eigenvalue weighted by Crippen LogP contribution is 2.19. The summed E-state index contributed by atoms with van der Waals surface area (Å²) < 4.78 is 10.9. The Labute approximate surface area is 134 Å². The molecule has 0 unspecified atom stereocenters. The molecule has 1 N–H and O–H groups in total. The number of benzene rings is 1. The van der Waals surface area contributed by atoms with Crippen LogP contribution >= 0.6 is 0 Å². The molecular weight excluding hydrogens is 300 g/mol. The third-order valence-corrected chi connectivity index (χ3v) is 3.51. The Kier molecular flexibility index (Phi) is 5.55. The average Bonchev–Trinajstić information content (AvgIpc) is 2.54. The van der Waals surface area contributed by atoms with Crippen molar-refractivity contribution in [2.45, 2.75) is 25.6 Å². The molecule has 1 amide bonds. The quantitative estimate of drug-likeness (QED) is 0.870. The average molecular weight is 318 g/mol. The number of nitriles is 1. The number of carbonyl (C=O) groups is 2. The highest BCUT2D eigenvalue weighted by atomic mass is 16.5. The van der Waals surface area contributed by atoms with Gasteiger partial charge in [0.1, 0.15) is 11.8 Å². The number of nitrogens with zero attached hydrogens (tertiary/aromatic N) is 2. The zero-order valence-corrected chi connectivity index (χ0v) is 12.8. The van der Waals surface area contributed by atoms with E-state index in [1.807, 2.05) is 6.07 Å².